The summed E-state index contributed by atoms with van der Waals surface area (Å²) in [5.74, 6) is 0. The number of halogens is 1. The van der Waals surface area contributed by atoms with E-state index in [4.69, 9.17) is 11.6 Å². The summed E-state index contributed by atoms with van der Waals surface area (Å²) in [6, 6.07) is 14.3. The minimum Gasteiger partial charge on any atom is -0.248 e. The van der Waals surface area contributed by atoms with Gasteiger partial charge in [0.1, 0.15) is 0 Å². The number of pyridine rings is 1. The topological polar surface area (TPSA) is 12.9 Å². The molecule has 0 N–H and O–H groups in total. The first-order chi connectivity index (χ1) is 8.29. The van der Waals surface area contributed by atoms with Gasteiger partial charge in [-0.15, -0.1) is 0 Å². The number of rotatable bonds is 1. The van der Waals surface area contributed by atoms with E-state index in [1.165, 1.54) is 5.56 Å². The van der Waals surface area contributed by atoms with Crippen LogP contribution in [0.5, 0.6) is 0 Å². The van der Waals surface area contributed by atoms with Gasteiger partial charge in [-0.25, -0.2) is 4.98 Å². The predicted molar refractivity (Wildman–Crippen MR) is 73.6 cm³/mol. The number of hydrogen-bond donors (Lipinski definition) is 0. The van der Waals surface area contributed by atoms with Crippen molar-refractivity contribution in [2.75, 3.05) is 0 Å². The Bertz CT molecular complexity index is 704. The van der Waals surface area contributed by atoms with Gasteiger partial charge in [-0.05, 0) is 24.1 Å². The molecule has 0 aliphatic heterocycles. The fraction of sp³-hybridized carbons (Fsp3) is 0.133. The van der Waals surface area contributed by atoms with Gasteiger partial charge in [-0.2, -0.15) is 0 Å². The molecule has 0 aliphatic rings. The number of aromatic nitrogens is 1. The van der Waals surface area contributed by atoms with Crippen LogP contribution in [0, 0.1) is 0 Å². The van der Waals surface area contributed by atoms with E-state index < -0.39 is 0 Å². The number of aryl methyl sites for hydroxylation is 1. The molecule has 0 spiro atoms. The highest BCUT2D eigenvalue weighted by Crippen LogP contribution is 2.30. The number of fused-ring (bicyclic) bond motifs is 2. The molecule has 1 heterocycles. The second-order valence-corrected chi connectivity index (χ2v) is 4.53. The van der Waals surface area contributed by atoms with E-state index in [2.05, 4.69) is 30.1 Å². The Balaban J connectivity index is 2.45. The molecule has 0 aliphatic carbocycles. The molecule has 0 radical (unpaired) electrons. The molecule has 0 saturated heterocycles. The molecule has 0 atom stereocenters. The molecule has 2 heteroatoms. The molecular formula is C15H12ClN. The van der Waals surface area contributed by atoms with E-state index >= 15 is 0 Å². The van der Waals surface area contributed by atoms with Crippen LogP contribution in [0.15, 0.2) is 42.5 Å². The Morgan fingerprint density at radius 2 is 1.76 bits per heavy atom. The third-order valence-corrected chi connectivity index (χ3v) is 3.50. The zero-order chi connectivity index (χ0) is 11.8. The van der Waals surface area contributed by atoms with Crippen LogP contribution in [0.1, 0.15) is 12.5 Å². The molecule has 0 fully saturated rings. The van der Waals surface area contributed by atoms with Crippen LogP contribution in [0.25, 0.3) is 21.8 Å². The summed E-state index contributed by atoms with van der Waals surface area (Å²) in [4.78, 5) is 4.66. The van der Waals surface area contributed by atoms with Gasteiger partial charge in [0.15, 0.2) is 0 Å². The normalized spacial score (nSPS) is 11.2. The smallest absolute Gasteiger partial charge is 0.0727 e. The minimum absolute atomic E-state index is 0.799. The van der Waals surface area contributed by atoms with Crippen LogP contribution >= 0.6 is 11.6 Å². The van der Waals surface area contributed by atoms with Crippen LogP contribution in [0.2, 0.25) is 5.02 Å². The first-order valence-corrected chi connectivity index (χ1v) is 6.14. The zero-order valence-electron chi connectivity index (χ0n) is 9.57. The number of benzene rings is 2. The SMILES string of the molecule is CCc1ccc2c(Cl)c3ccccc3nc2c1. The summed E-state index contributed by atoms with van der Waals surface area (Å²) in [7, 11) is 0. The molecular weight excluding hydrogens is 230 g/mol. The molecule has 0 unspecified atom stereocenters. The standard InChI is InChI=1S/C15H12ClN/c1-2-10-7-8-12-14(9-10)17-13-6-4-3-5-11(13)15(12)16/h3-9H,2H2,1H3. The predicted octanol–water partition coefficient (Wildman–Crippen LogP) is 4.60. The van der Waals surface area contributed by atoms with E-state index in [-0.39, 0.29) is 0 Å². The second kappa shape index (κ2) is 4.01. The third-order valence-electron chi connectivity index (χ3n) is 3.09. The highest BCUT2D eigenvalue weighted by Gasteiger charge is 2.06. The lowest BCUT2D eigenvalue weighted by Gasteiger charge is -2.06. The lowest BCUT2D eigenvalue weighted by atomic mass is 10.1. The van der Waals surface area contributed by atoms with Crippen LogP contribution in [0.4, 0.5) is 0 Å². The van der Waals surface area contributed by atoms with Crippen LogP contribution in [-0.2, 0) is 6.42 Å². The van der Waals surface area contributed by atoms with E-state index in [0.717, 1.165) is 33.2 Å². The van der Waals surface area contributed by atoms with Gasteiger partial charge in [0.2, 0.25) is 0 Å². The van der Waals surface area contributed by atoms with Crippen LogP contribution in [-0.4, -0.2) is 4.98 Å². The molecule has 3 rings (SSSR count). The molecule has 3 aromatic rings. The number of para-hydroxylation sites is 1. The molecule has 0 bridgehead atoms. The van der Waals surface area contributed by atoms with Gasteiger partial charge in [-0.1, -0.05) is 48.9 Å². The zero-order valence-corrected chi connectivity index (χ0v) is 10.3. The molecule has 0 saturated carbocycles. The first kappa shape index (κ1) is 10.5. The highest BCUT2D eigenvalue weighted by molar-refractivity contribution is 6.40. The van der Waals surface area contributed by atoms with Gasteiger partial charge in [0.05, 0.1) is 16.1 Å². The van der Waals surface area contributed by atoms with E-state index in [1.54, 1.807) is 0 Å². The lowest BCUT2D eigenvalue weighted by molar-refractivity contribution is 1.14. The van der Waals surface area contributed by atoms with Crippen molar-refractivity contribution in [2.24, 2.45) is 0 Å². The molecule has 1 aromatic heterocycles. The summed E-state index contributed by atoms with van der Waals surface area (Å²) in [5, 5.41) is 2.85. The van der Waals surface area contributed by atoms with Crippen molar-refractivity contribution in [2.45, 2.75) is 13.3 Å². The van der Waals surface area contributed by atoms with Crippen molar-refractivity contribution in [3.63, 3.8) is 0 Å². The van der Waals surface area contributed by atoms with Crippen LogP contribution in [0.3, 0.4) is 0 Å². The summed E-state index contributed by atoms with van der Waals surface area (Å²) >= 11 is 6.43. The average molecular weight is 242 g/mol. The largest absolute Gasteiger partial charge is 0.248 e. The fourth-order valence-corrected chi connectivity index (χ4v) is 2.43. The maximum atomic E-state index is 6.43. The third kappa shape index (κ3) is 1.67. The van der Waals surface area contributed by atoms with Crippen LogP contribution < -0.4 is 0 Å². The maximum Gasteiger partial charge on any atom is 0.0727 e. The van der Waals surface area contributed by atoms with Crippen molar-refractivity contribution < 1.29 is 0 Å². The van der Waals surface area contributed by atoms with Crippen molar-refractivity contribution in [1.82, 2.24) is 4.98 Å². The summed E-state index contributed by atoms with van der Waals surface area (Å²) < 4.78 is 0. The highest BCUT2D eigenvalue weighted by atomic mass is 35.5. The van der Waals surface area contributed by atoms with Gasteiger partial charge in [0.25, 0.3) is 0 Å². The molecule has 84 valence electrons. The number of hydrogen-bond acceptors (Lipinski definition) is 1. The molecule has 1 nitrogen and oxygen atoms in total. The Kier molecular flexibility index (Phi) is 2.49. The Morgan fingerprint density at radius 1 is 1.00 bits per heavy atom. The number of nitrogens with zero attached hydrogens (tertiary/aromatic N) is 1. The van der Waals surface area contributed by atoms with Crippen molar-refractivity contribution in [3.05, 3.63) is 53.1 Å². The van der Waals surface area contributed by atoms with Crippen molar-refractivity contribution in [3.8, 4) is 0 Å². The van der Waals surface area contributed by atoms with E-state index in [9.17, 15) is 0 Å². The molecule has 2 aromatic carbocycles. The van der Waals surface area contributed by atoms with E-state index in [1.807, 2.05) is 24.3 Å². The Morgan fingerprint density at radius 3 is 2.59 bits per heavy atom. The van der Waals surface area contributed by atoms with Gasteiger partial charge < -0.3 is 0 Å². The fourth-order valence-electron chi connectivity index (χ4n) is 2.11. The minimum atomic E-state index is 0.799. The Hall–Kier alpha value is -1.60. The summed E-state index contributed by atoms with van der Waals surface area (Å²) in [5.41, 5.74) is 3.22. The average Bonchev–Trinajstić information content (AvgIpc) is 2.38. The van der Waals surface area contributed by atoms with Gasteiger partial charge in [0, 0.05) is 10.8 Å². The first-order valence-electron chi connectivity index (χ1n) is 5.76. The van der Waals surface area contributed by atoms with Gasteiger partial charge >= 0.3 is 0 Å². The maximum absolute atomic E-state index is 6.43. The van der Waals surface area contributed by atoms with Crippen molar-refractivity contribution in [1.29, 1.82) is 0 Å². The molecule has 0 amide bonds. The second-order valence-electron chi connectivity index (χ2n) is 4.15. The molecule has 17 heavy (non-hydrogen) atoms. The monoisotopic (exact) mass is 241 g/mol. The lowest BCUT2D eigenvalue weighted by Crippen LogP contribution is -1.87. The van der Waals surface area contributed by atoms with E-state index in [0.29, 0.717) is 0 Å². The quantitative estimate of drug-likeness (QED) is 0.567. The van der Waals surface area contributed by atoms with Crippen molar-refractivity contribution >= 4 is 33.4 Å². The Labute approximate surface area is 105 Å². The van der Waals surface area contributed by atoms with Gasteiger partial charge in [-0.3, -0.25) is 0 Å². The summed E-state index contributed by atoms with van der Waals surface area (Å²) in [6.45, 7) is 2.14. The summed E-state index contributed by atoms with van der Waals surface area (Å²) in [6.07, 6.45) is 1.02.